The molecular weight excluding hydrogens is 458 g/mol. The molecule has 1 aliphatic rings. The Morgan fingerprint density at radius 1 is 1.03 bits per heavy atom. The average Bonchev–Trinajstić information content (AvgIpc) is 3.35. The molecule has 0 amide bonds. The summed E-state index contributed by atoms with van der Waals surface area (Å²) in [6.07, 6.45) is 8.62. The molecule has 186 valence electrons. The monoisotopic (exact) mass is 487 g/mol. The first-order chi connectivity index (χ1) is 17.6. The lowest BCUT2D eigenvalue weighted by atomic mass is 10.1. The number of morpholine rings is 1. The second-order valence-corrected chi connectivity index (χ2v) is 8.50. The summed E-state index contributed by atoms with van der Waals surface area (Å²) in [7, 11) is 1.85. The number of nitrogens with zero attached hydrogens (tertiary/aromatic N) is 7. The number of nitrogens with one attached hydrogen (secondary N) is 1. The molecule has 1 saturated heterocycles. The van der Waals surface area contributed by atoms with Crippen LogP contribution < -0.4 is 15.8 Å². The Bertz CT molecular complexity index is 1290. The molecule has 1 aliphatic heterocycles. The highest BCUT2D eigenvalue weighted by Gasteiger charge is 2.11. The van der Waals surface area contributed by atoms with Crippen LogP contribution >= 0.6 is 0 Å². The Balaban J connectivity index is 1.19. The normalized spacial score (nSPS) is 14.0. The Labute approximate surface area is 209 Å². The Hall–Kier alpha value is -4.09. The zero-order valence-corrected chi connectivity index (χ0v) is 20.2. The summed E-state index contributed by atoms with van der Waals surface area (Å²) in [6, 6.07) is 8.03. The van der Waals surface area contributed by atoms with Crippen molar-refractivity contribution in [1.29, 1.82) is 0 Å². The maximum absolute atomic E-state index is 6.10. The van der Waals surface area contributed by atoms with Gasteiger partial charge in [0.1, 0.15) is 6.61 Å². The quantitative estimate of drug-likeness (QED) is 0.363. The highest BCUT2D eigenvalue weighted by Crippen LogP contribution is 2.22. The number of hydrogen-bond donors (Lipinski definition) is 2. The highest BCUT2D eigenvalue weighted by molar-refractivity contribution is 5.65. The van der Waals surface area contributed by atoms with E-state index in [1.807, 2.05) is 37.5 Å². The molecule has 5 rings (SSSR count). The molecular formula is C25H29N9O2. The maximum Gasteiger partial charge on any atom is 0.164 e. The lowest BCUT2D eigenvalue weighted by Crippen LogP contribution is -2.38. The predicted octanol–water partition coefficient (Wildman–Crippen LogP) is 2.24. The van der Waals surface area contributed by atoms with Crippen LogP contribution in [0.2, 0.25) is 0 Å². The highest BCUT2D eigenvalue weighted by atomic mass is 16.5. The van der Waals surface area contributed by atoms with Crippen LogP contribution in [-0.4, -0.2) is 74.1 Å². The van der Waals surface area contributed by atoms with E-state index in [0.29, 0.717) is 42.1 Å². The third-order valence-electron chi connectivity index (χ3n) is 5.83. The van der Waals surface area contributed by atoms with Gasteiger partial charge in [0.2, 0.25) is 0 Å². The summed E-state index contributed by atoms with van der Waals surface area (Å²) in [5, 5.41) is 7.48. The van der Waals surface area contributed by atoms with Gasteiger partial charge < -0.3 is 20.5 Å². The molecule has 0 atom stereocenters. The van der Waals surface area contributed by atoms with Gasteiger partial charge >= 0.3 is 0 Å². The van der Waals surface area contributed by atoms with Crippen LogP contribution in [0.3, 0.4) is 0 Å². The summed E-state index contributed by atoms with van der Waals surface area (Å²) >= 11 is 0. The van der Waals surface area contributed by atoms with Gasteiger partial charge in [0.15, 0.2) is 23.2 Å². The number of benzene rings is 1. The molecule has 0 saturated carbocycles. The molecule has 11 heteroatoms. The first-order valence-electron chi connectivity index (χ1n) is 11.8. The standard InChI is InChI=1S/C25H29N9O2/c1-33-17-20(13-31-33)24-30-16-22(26)25(32-24)27-12-18-3-2-4-19(11-18)23-28-14-21(15-29-23)36-10-7-34-5-8-35-9-6-34/h2-4,11,13-17H,5-10,12,26H2,1H3,(H,27,30,32). The molecule has 0 radical (unpaired) electrons. The van der Waals surface area contributed by atoms with Crippen molar-refractivity contribution < 1.29 is 9.47 Å². The van der Waals surface area contributed by atoms with Gasteiger partial charge in [-0.25, -0.2) is 19.9 Å². The fraction of sp³-hybridized carbons (Fsp3) is 0.320. The van der Waals surface area contributed by atoms with Gasteiger partial charge in [0.25, 0.3) is 0 Å². The number of aromatic nitrogens is 6. The van der Waals surface area contributed by atoms with Crippen molar-refractivity contribution in [2.45, 2.75) is 6.54 Å². The number of rotatable bonds is 9. The van der Waals surface area contributed by atoms with Crippen molar-refractivity contribution in [3.8, 4) is 28.5 Å². The Morgan fingerprint density at radius 2 is 1.83 bits per heavy atom. The van der Waals surface area contributed by atoms with E-state index in [1.165, 1.54) is 0 Å². The molecule has 3 aromatic heterocycles. The minimum atomic E-state index is 0.478. The number of nitrogens with two attached hydrogens (primary N) is 1. The molecule has 3 N–H and O–H groups in total. The van der Waals surface area contributed by atoms with Gasteiger partial charge in [0.05, 0.1) is 49.3 Å². The van der Waals surface area contributed by atoms with Gasteiger partial charge in [0, 0.05) is 45.0 Å². The van der Waals surface area contributed by atoms with Crippen molar-refractivity contribution in [3.63, 3.8) is 0 Å². The molecule has 1 fully saturated rings. The van der Waals surface area contributed by atoms with Crippen molar-refractivity contribution >= 4 is 11.5 Å². The van der Waals surface area contributed by atoms with Gasteiger partial charge in [-0.1, -0.05) is 18.2 Å². The number of ether oxygens (including phenoxy) is 2. The topological polar surface area (TPSA) is 129 Å². The van der Waals surface area contributed by atoms with E-state index >= 15 is 0 Å². The van der Waals surface area contributed by atoms with Gasteiger partial charge in [-0.3, -0.25) is 9.58 Å². The first kappa shape index (κ1) is 23.6. The molecule has 0 bridgehead atoms. The van der Waals surface area contributed by atoms with Crippen LogP contribution in [0.25, 0.3) is 22.8 Å². The van der Waals surface area contributed by atoms with Crippen LogP contribution in [0.5, 0.6) is 5.75 Å². The number of anilines is 2. The third-order valence-corrected chi connectivity index (χ3v) is 5.83. The van der Waals surface area contributed by atoms with Crippen molar-refractivity contribution in [3.05, 3.63) is 60.8 Å². The number of hydrogen-bond acceptors (Lipinski definition) is 10. The van der Waals surface area contributed by atoms with Gasteiger partial charge in [-0.15, -0.1) is 0 Å². The SMILES string of the molecule is Cn1cc(-c2ncc(N)c(NCc3cccc(-c4ncc(OCCN5CCOCC5)cn4)c3)n2)cn1. The maximum atomic E-state index is 6.10. The zero-order chi connectivity index (χ0) is 24.7. The summed E-state index contributed by atoms with van der Waals surface area (Å²) in [6.45, 7) is 5.44. The lowest BCUT2D eigenvalue weighted by Gasteiger charge is -2.26. The minimum absolute atomic E-state index is 0.478. The number of nitrogen functional groups attached to an aromatic ring is 1. The van der Waals surface area contributed by atoms with E-state index in [2.05, 4.69) is 35.3 Å². The van der Waals surface area contributed by atoms with Crippen LogP contribution in [0.15, 0.2) is 55.2 Å². The molecule has 1 aromatic carbocycles. The van der Waals surface area contributed by atoms with E-state index in [0.717, 1.165) is 49.5 Å². The molecule has 4 aromatic rings. The molecule has 4 heterocycles. The smallest absolute Gasteiger partial charge is 0.164 e. The van der Waals surface area contributed by atoms with Crippen LogP contribution in [-0.2, 0) is 18.3 Å². The van der Waals surface area contributed by atoms with Crippen LogP contribution in [0, 0.1) is 0 Å². The lowest BCUT2D eigenvalue weighted by molar-refractivity contribution is 0.0322. The van der Waals surface area contributed by atoms with E-state index < -0.39 is 0 Å². The Morgan fingerprint density at radius 3 is 2.61 bits per heavy atom. The third kappa shape index (κ3) is 5.93. The van der Waals surface area contributed by atoms with E-state index in [-0.39, 0.29) is 0 Å². The summed E-state index contributed by atoms with van der Waals surface area (Å²) in [4.78, 5) is 20.2. The second-order valence-electron chi connectivity index (χ2n) is 8.50. The summed E-state index contributed by atoms with van der Waals surface area (Å²) in [5.41, 5.74) is 9.37. The second kappa shape index (κ2) is 11.1. The fourth-order valence-electron chi connectivity index (χ4n) is 3.87. The van der Waals surface area contributed by atoms with E-state index in [9.17, 15) is 0 Å². The predicted molar refractivity (Wildman–Crippen MR) is 136 cm³/mol. The summed E-state index contributed by atoms with van der Waals surface area (Å²) < 4.78 is 12.9. The van der Waals surface area contributed by atoms with Crippen molar-refractivity contribution in [1.82, 2.24) is 34.6 Å². The molecule has 0 unspecified atom stereocenters. The summed E-state index contributed by atoms with van der Waals surface area (Å²) in [5.74, 6) is 2.43. The zero-order valence-electron chi connectivity index (χ0n) is 20.2. The number of aryl methyl sites for hydroxylation is 1. The molecule has 0 aliphatic carbocycles. The average molecular weight is 488 g/mol. The van der Waals surface area contributed by atoms with E-state index in [4.69, 9.17) is 15.2 Å². The van der Waals surface area contributed by atoms with Gasteiger partial charge in [-0.05, 0) is 11.6 Å². The van der Waals surface area contributed by atoms with Crippen molar-refractivity contribution in [2.75, 3.05) is 50.5 Å². The van der Waals surface area contributed by atoms with Gasteiger partial charge in [-0.2, -0.15) is 5.10 Å². The molecule has 11 nitrogen and oxygen atoms in total. The largest absolute Gasteiger partial charge is 0.489 e. The molecule has 0 spiro atoms. The van der Waals surface area contributed by atoms with Crippen LogP contribution in [0.4, 0.5) is 11.5 Å². The Kier molecular flexibility index (Phi) is 7.29. The van der Waals surface area contributed by atoms with E-state index in [1.54, 1.807) is 29.5 Å². The molecule has 36 heavy (non-hydrogen) atoms. The van der Waals surface area contributed by atoms with Crippen molar-refractivity contribution in [2.24, 2.45) is 7.05 Å². The fourth-order valence-corrected chi connectivity index (χ4v) is 3.87. The first-order valence-corrected chi connectivity index (χ1v) is 11.8. The minimum Gasteiger partial charge on any atom is -0.489 e. The van der Waals surface area contributed by atoms with Crippen LogP contribution in [0.1, 0.15) is 5.56 Å².